The summed E-state index contributed by atoms with van der Waals surface area (Å²) in [5, 5.41) is 3.23. The van der Waals surface area contributed by atoms with Crippen LogP contribution in [0.15, 0.2) is 0 Å². The number of rotatable bonds is 0. The Balaban J connectivity index is 0.000000640. The van der Waals surface area contributed by atoms with Crippen LogP contribution in [0.25, 0.3) is 0 Å². The van der Waals surface area contributed by atoms with E-state index in [-0.39, 0.29) is 12.4 Å². The normalized spacial score (nSPS) is 18.6. The van der Waals surface area contributed by atoms with Gasteiger partial charge in [0.25, 0.3) is 0 Å². The van der Waals surface area contributed by atoms with Gasteiger partial charge in [0, 0.05) is 0 Å². The van der Waals surface area contributed by atoms with Crippen molar-refractivity contribution in [2.24, 2.45) is 0 Å². The van der Waals surface area contributed by atoms with Gasteiger partial charge in [-0.1, -0.05) is 0 Å². The highest BCUT2D eigenvalue weighted by Crippen LogP contribution is 1.80. The molecule has 0 atom stereocenters. The maximum absolute atomic E-state index is 5.45. The molecule has 0 saturated carbocycles. The largest absolute Gasteiger partial charge is 1.00 e. The van der Waals surface area contributed by atoms with E-state index in [9.17, 15) is 0 Å². The van der Waals surface area contributed by atoms with Gasteiger partial charge < -0.3 is 17.7 Å². The van der Waals surface area contributed by atoms with Gasteiger partial charge in [0.1, 0.15) is 0 Å². The average molecular weight is 169 g/mol. The molecule has 0 aromatic rings. The van der Waals surface area contributed by atoms with E-state index in [1.165, 1.54) is 0 Å². The van der Waals surface area contributed by atoms with Gasteiger partial charge in [-0.05, 0) is 11.6 Å². The summed E-state index contributed by atoms with van der Waals surface area (Å²) in [7, 11) is 0. The maximum Gasteiger partial charge on any atom is 0.232 e. The van der Waals surface area contributed by atoms with Crippen LogP contribution in [0.1, 0.15) is 0 Å². The first-order chi connectivity index (χ1) is 3.93. The average Bonchev–Trinajstić information content (AvgIpc) is 1.90. The molecule has 2 nitrogen and oxygen atoms in total. The van der Waals surface area contributed by atoms with Gasteiger partial charge in [0.15, 0.2) is 13.1 Å². The van der Waals surface area contributed by atoms with E-state index in [0.29, 0.717) is 0 Å². The molecular formula is C5H10Cl2N2. The van der Waals surface area contributed by atoms with Crippen LogP contribution in [-0.2, 0) is 0 Å². The molecule has 0 radical (unpaired) electrons. The van der Waals surface area contributed by atoms with Crippen LogP contribution in [0.4, 0.5) is 0 Å². The van der Waals surface area contributed by atoms with E-state index < -0.39 is 0 Å². The second-order valence-electron chi connectivity index (χ2n) is 1.88. The Labute approximate surface area is 66.3 Å². The molecule has 1 fully saturated rings. The van der Waals surface area contributed by atoms with Crippen molar-refractivity contribution < 1.29 is 17.0 Å². The highest BCUT2D eigenvalue weighted by molar-refractivity contribution is 6.54. The van der Waals surface area contributed by atoms with Crippen LogP contribution >= 0.6 is 11.6 Å². The lowest BCUT2D eigenvalue weighted by molar-refractivity contribution is -0.525. The lowest BCUT2D eigenvalue weighted by Crippen LogP contribution is -3.00. The van der Waals surface area contributed by atoms with Crippen LogP contribution in [0.2, 0.25) is 0 Å². The van der Waals surface area contributed by atoms with E-state index in [0.717, 1.165) is 26.2 Å². The van der Waals surface area contributed by atoms with E-state index in [1.54, 1.807) is 5.67 Å². The zero-order valence-corrected chi connectivity index (χ0v) is 6.62. The zero-order chi connectivity index (χ0) is 5.82. The van der Waals surface area contributed by atoms with Crippen LogP contribution < -0.4 is 17.7 Å². The van der Waals surface area contributed by atoms with Gasteiger partial charge in [0.2, 0.25) is 5.67 Å². The number of nitrogens with zero attached hydrogens (tertiary/aromatic N) is 1. The third kappa shape index (κ3) is 3.04. The summed E-state index contributed by atoms with van der Waals surface area (Å²) in [6.07, 6.45) is 0. The van der Waals surface area contributed by atoms with Crippen molar-refractivity contribution in [3.63, 3.8) is 0 Å². The van der Waals surface area contributed by atoms with Crippen molar-refractivity contribution in [1.82, 2.24) is 5.32 Å². The van der Waals surface area contributed by atoms with Gasteiger partial charge in [-0.2, -0.15) is 0 Å². The molecule has 1 saturated heterocycles. The third-order valence-corrected chi connectivity index (χ3v) is 1.57. The smallest absolute Gasteiger partial charge is 0.232 e. The molecule has 0 unspecified atom stereocenters. The number of hydrogen-bond donors (Lipinski definition) is 1. The lowest BCUT2D eigenvalue weighted by Gasteiger charge is -2.08. The minimum absolute atomic E-state index is 0. The predicted molar refractivity (Wildman–Crippen MR) is 34.8 cm³/mol. The topological polar surface area (TPSA) is 15.0 Å². The fourth-order valence-electron chi connectivity index (χ4n) is 0.780. The maximum atomic E-state index is 5.45. The SMILES string of the molecule is ClC=[N+]1CCNCC1.[Cl-]. The monoisotopic (exact) mass is 168 g/mol. The fourth-order valence-corrected chi connectivity index (χ4v) is 0.975. The third-order valence-electron chi connectivity index (χ3n) is 1.29. The Kier molecular flexibility index (Phi) is 5.15. The van der Waals surface area contributed by atoms with Gasteiger partial charge >= 0.3 is 0 Å². The molecule has 0 aromatic carbocycles. The minimum Gasteiger partial charge on any atom is -1.00 e. The number of hydrogen-bond acceptors (Lipinski definition) is 1. The van der Waals surface area contributed by atoms with Crippen molar-refractivity contribution in [3.05, 3.63) is 0 Å². The Hall–Kier alpha value is 0.210. The zero-order valence-electron chi connectivity index (χ0n) is 5.11. The second-order valence-corrected chi connectivity index (χ2v) is 2.08. The van der Waals surface area contributed by atoms with Gasteiger partial charge in [-0.25, -0.2) is 4.58 Å². The van der Waals surface area contributed by atoms with Crippen LogP contribution in [-0.4, -0.2) is 36.4 Å². The highest BCUT2D eigenvalue weighted by atomic mass is 35.5. The molecule has 0 bridgehead atoms. The lowest BCUT2D eigenvalue weighted by atomic mass is 10.4. The molecule has 54 valence electrons. The quantitative estimate of drug-likeness (QED) is 0.379. The number of nitrogens with one attached hydrogen (secondary N) is 1. The van der Waals surface area contributed by atoms with Crippen LogP contribution in [0, 0.1) is 0 Å². The minimum atomic E-state index is 0. The Morgan fingerprint density at radius 1 is 1.33 bits per heavy atom. The molecule has 1 heterocycles. The molecule has 4 heteroatoms. The second kappa shape index (κ2) is 5.03. The molecule has 0 aliphatic carbocycles. The summed E-state index contributed by atoms with van der Waals surface area (Å²) >= 11 is 5.45. The molecule has 1 aliphatic heterocycles. The standard InChI is InChI=1S/C5H10ClN2.ClH/c6-5-8-3-1-7-2-4-8;/h5,7H,1-4H2;1H/q+1;/p-1. The van der Waals surface area contributed by atoms with Crippen LogP contribution in [0.5, 0.6) is 0 Å². The van der Waals surface area contributed by atoms with Crippen molar-refractivity contribution in [3.8, 4) is 0 Å². The summed E-state index contributed by atoms with van der Waals surface area (Å²) in [6, 6.07) is 0. The van der Waals surface area contributed by atoms with E-state index >= 15 is 0 Å². The Morgan fingerprint density at radius 3 is 2.22 bits per heavy atom. The van der Waals surface area contributed by atoms with Gasteiger partial charge in [0.05, 0.1) is 13.1 Å². The first kappa shape index (κ1) is 9.21. The highest BCUT2D eigenvalue weighted by Gasteiger charge is 2.07. The summed E-state index contributed by atoms with van der Waals surface area (Å²) in [5.41, 5.74) is 1.63. The van der Waals surface area contributed by atoms with Crippen molar-refractivity contribution >= 4 is 17.3 Å². The van der Waals surface area contributed by atoms with Crippen molar-refractivity contribution in [2.75, 3.05) is 26.2 Å². The molecule has 1 aliphatic rings. The van der Waals surface area contributed by atoms with Gasteiger partial charge in [-0.15, -0.1) is 0 Å². The summed E-state index contributed by atoms with van der Waals surface area (Å²) < 4.78 is 2.10. The number of piperazine rings is 1. The number of halogens is 2. The predicted octanol–water partition coefficient (Wildman–Crippen LogP) is -3.13. The Morgan fingerprint density at radius 2 is 1.89 bits per heavy atom. The Bertz CT molecular complexity index is 95.1. The summed E-state index contributed by atoms with van der Waals surface area (Å²) in [4.78, 5) is 0. The molecule has 1 rings (SSSR count). The van der Waals surface area contributed by atoms with Crippen molar-refractivity contribution in [1.29, 1.82) is 0 Å². The first-order valence-corrected chi connectivity index (χ1v) is 3.25. The molecule has 0 spiro atoms. The fraction of sp³-hybridized carbons (Fsp3) is 0.800. The summed E-state index contributed by atoms with van der Waals surface area (Å²) in [6.45, 7) is 4.21. The molecule has 0 amide bonds. The van der Waals surface area contributed by atoms with E-state index in [4.69, 9.17) is 11.6 Å². The molecule has 9 heavy (non-hydrogen) atoms. The molecule has 0 aromatic heterocycles. The molecule has 1 N–H and O–H groups in total. The van der Waals surface area contributed by atoms with E-state index in [1.807, 2.05) is 0 Å². The van der Waals surface area contributed by atoms with E-state index in [2.05, 4.69) is 9.89 Å². The molecular weight excluding hydrogens is 159 g/mol. The van der Waals surface area contributed by atoms with Crippen molar-refractivity contribution in [2.45, 2.75) is 0 Å². The van der Waals surface area contributed by atoms with Gasteiger partial charge in [-0.3, -0.25) is 0 Å². The summed E-state index contributed by atoms with van der Waals surface area (Å²) in [5.74, 6) is 0. The first-order valence-electron chi connectivity index (χ1n) is 2.82. The van der Waals surface area contributed by atoms with Crippen LogP contribution in [0.3, 0.4) is 0 Å².